The van der Waals surface area contributed by atoms with Gasteiger partial charge in [-0.3, -0.25) is 4.79 Å². The van der Waals surface area contributed by atoms with Crippen molar-refractivity contribution in [3.8, 4) is 0 Å². The number of ketones is 1. The molecule has 126 valence electrons. The van der Waals surface area contributed by atoms with Crippen LogP contribution in [0.15, 0.2) is 46.3 Å². The van der Waals surface area contributed by atoms with Crippen molar-refractivity contribution in [2.45, 2.75) is 13.0 Å². The molecule has 0 saturated carbocycles. The maximum atomic E-state index is 11.9. The highest BCUT2D eigenvalue weighted by Crippen LogP contribution is 2.22. The summed E-state index contributed by atoms with van der Waals surface area (Å²) in [6, 6.07) is 10.8. The van der Waals surface area contributed by atoms with Crippen molar-refractivity contribution in [3.05, 3.63) is 51.1 Å². The molecule has 0 bridgehead atoms. The summed E-state index contributed by atoms with van der Waals surface area (Å²) in [6.45, 7) is 1.12. The highest BCUT2D eigenvalue weighted by molar-refractivity contribution is 9.11. The number of carbonyl (C=O) groups excluding carboxylic acids is 3. The molecule has 1 atom stereocenters. The van der Waals surface area contributed by atoms with Gasteiger partial charge in [-0.15, -0.1) is 11.3 Å². The van der Waals surface area contributed by atoms with Crippen LogP contribution in [0.4, 0.5) is 10.5 Å². The highest BCUT2D eigenvalue weighted by Gasteiger charge is 2.19. The quantitative estimate of drug-likeness (QED) is 0.564. The number of esters is 1. The zero-order valence-electron chi connectivity index (χ0n) is 12.7. The van der Waals surface area contributed by atoms with Gasteiger partial charge in [-0.05, 0) is 47.1 Å². The van der Waals surface area contributed by atoms with Crippen molar-refractivity contribution in [1.82, 2.24) is 5.32 Å². The number of ether oxygens (including phenoxy) is 1. The molecule has 6 nitrogen and oxygen atoms in total. The van der Waals surface area contributed by atoms with Crippen molar-refractivity contribution >= 4 is 50.7 Å². The fourth-order valence-electron chi connectivity index (χ4n) is 1.74. The molecule has 0 unspecified atom stereocenters. The lowest BCUT2D eigenvalue weighted by Gasteiger charge is -2.13. The minimum absolute atomic E-state index is 0.292. The number of rotatable bonds is 6. The van der Waals surface area contributed by atoms with Crippen molar-refractivity contribution in [2.75, 3.05) is 11.9 Å². The number of anilines is 1. The van der Waals surface area contributed by atoms with Crippen LogP contribution in [-0.2, 0) is 9.53 Å². The summed E-state index contributed by atoms with van der Waals surface area (Å²) in [5.41, 5.74) is 0.606. The van der Waals surface area contributed by atoms with E-state index in [4.69, 9.17) is 4.74 Å². The summed E-state index contributed by atoms with van der Waals surface area (Å²) in [6.07, 6.45) is 0. The van der Waals surface area contributed by atoms with E-state index >= 15 is 0 Å². The molecule has 2 N–H and O–H groups in total. The van der Waals surface area contributed by atoms with Crippen molar-refractivity contribution in [1.29, 1.82) is 0 Å². The van der Waals surface area contributed by atoms with Gasteiger partial charge in [0.25, 0.3) is 0 Å². The van der Waals surface area contributed by atoms with E-state index in [0.717, 1.165) is 3.79 Å². The highest BCUT2D eigenvalue weighted by atomic mass is 79.9. The SMILES string of the molecule is C[C@H](NC(=O)Nc1ccccc1)C(=O)OCC(=O)c1ccc(Br)s1. The Hall–Kier alpha value is -2.19. The predicted molar refractivity (Wildman–Crippen MR) is 95.4 cm³/mol. The van der Waals surface area contributed by atoms with Gasteiger partial charge in [0.1, 0.15) is 6.04 Å². The molecule has 2 amide bonds. The van der Waals surface area contributed by atoms with Gasteiger partial charge in [0.15, 0.2) is 6.61 Å². The van der Waals surface area contributed by atoms with Crippen LogP contribution in [0, 0.1) is 0 Å². The molecule has 1 aromatic heterocycles. The van der Waals surface area contributed by atoms with Gasteiger partial charge < -0.3 is 15.4 Å². The minimum Gasteiger partial charge on any atom is -0.456 e. The molecule has 2 rings (SSSR count). The molecule has 0 spiro atoms. The number of hydrogen-bond donors (Lipinski definition) is 2. The summed E-state index contributed by atoms with van der Waals surface area (Å²) in [4.78, 5) is 36.0. The van der Waals surface area contributed by atoms with Gasteiger partial charge in [0.2, 0.25) is 5.78 Å². The molecule has 1 aromatic carbocycles. The Kier molecular flexibility index (Phi) is 6.51. The normalized spacial score (nSPS) is 11.4. The maximum Gasteiger partial charge on any atom is 0.328 e. The Balaban J connectivity index is 1.77. The van der Waals surface area contributed by atoms with E-state index in [9.17, 15) is 14.4 Å². The van der Waals surface area contributed by atoms with Crippen LogP contribution in [0.5, 0.6) is 0 Å². The van der Waals surface area contributed by atoms with Gasteiger partial charge in [-0.25, -0.2) is 9.59 Å². The van der Waals surface area contributed by atoms with E-state index < -0.39 is 18.0 Å². The van der Waals surface area contributed by atoms with Gasteiger partial charge >= 0.3 is 12.0 Å². The molecule has 0 fully saturated rings. The number of hydrogen-bond acceptors (Lipinski definition) is 5. The molecule has 8 heteroatoms. The fourth-order valence-corrected chi connectivity index (χ4v) is 3.05. The number of benzene rings is 1. The third-order valence-corrected chi connectivity index (χ3v) is 4.59. The van der Waals surface area contributed by atoms with Crippen molar-refractivity contribution in [3.63, 3.8) is 0 Å². The summed E-state index contributed by atoms with van der Waals surface area (Å²) in [5.74, 6) is -0.970. The first kappa shape index (κ1) is 18.2. The summed E-state index contributed by atoms with van der Waals surface area (Å²) in [5, 5.41) is 5.05. The lowest BCUT2D eigenvalue weighted by molar-refractivity contribution is -0.144. The predicted octanol–water partition coefficient (Wildman–Crippen LogP) is 3.45. The molecule has 0 aliphatic carbocycles. The first-order valence-electron chi connectivity index (χ1n) is 7.03. The minimum atomic E-state index is -0.878. The van der Waals surface area contributed by atoms with E-state index in [0.29, 0.717) is 10.6 Å². The Labute approximate surface area is 151 Å². The number of halogens is 1. The number of thiophene rings is 1. The number of Topliss-reactive ketones (excluding diaryl/α,β-unsaturated/α-hetero) is 1. The molecule has 0 radical (unpaired) electrons. The molecule has 1 heterocycles. The molecular weight excluding hydrogens is 396 g/mol. The van der Waals surface area contributed by atoms with Crippen molar-refractivity contribution < 1.29 is 19.1 Å². The lowest BCUT2D eigenvalue weighted by atomic mass is 10.3. The fraction of sp³-hybridized carbons (Fsp3) is 0.188. The number of amides is 2. The van der Waals surface area contributed by atoms with Crippen LogP contribution in [0.1, 0.15) is 16.6 Å². The maximum absolute atomic E-state index is 11.9. The van der Waals surface area contributed by atoms with Crippen LogP contribution in [0.25, 0.3) is 0 Å². The Morgan fingerprint density at radius 3 is 2.50 bits per heavy atom. The zero-order chi connectivity index (χ0) is 17.5. The Morgan fingerprint density at radius 1 is 1.17 bits per heavy atom. The van der Waals surface area contributed by atoms with E-state index in [1.807, 2.05) is 6.07 Å². The second-order valence-electron chi connectivity index (χ2n) is 4.82. The Bertz CT molecular complexity index is 733. The molecule has 0 saturated heterocycles. The van der Waals surface area contributed by atoms with Crippen LogP contribution in [-0.4, -0.2) is 30.4 Å². The van der Waals surface area contributed by atoms with E-state index in [1.54, 1.807) is 36.4 Å². The number of carbonyl (C=O) groups is 3. The second-order valence-corrected chi connectivity index (χ2v) is 7.28. The summed E-state index contributed by atoms with van der Waals surface area (Å²) < 4.78 is 5.76. The zero-order valence-corrected chi connectivity index (χ0v) is 15.1. The number of nitrogens with one attached hydrogen (secondary N) is 2. The first-order chi connectivity index (χ1) is 11.5. The molecular formula is C16H15BrN2O4S. The van der Waals surface area contributed by atoms with E-state index in [1.165, 1.54) is 18.3 Å². The summed E-state index contributed by atoms with van der Waals surface area (Å²) >= 11 is 4.53. The third kappa shape index (κ3) is 5.47. The average molecular weight is 411 g/mol. The van der Waals surface area contributed by atoms with Gasteiger partial charge in [-0.1, -0.05) is 18.2 Å². The van der Waals surface area contributed by atoms with Crippen molar-refractivity contribution in [2.24, 2.45) is 0 Å². The standard InChI is InChI=1S/C16H15BrN2O4S/c1-10(18-16(22)19-11-5-3-2-4-6-11)15(21)23-9-12(20)13-7-8-14(17)24-13/h2-8,10H,9H2,1H3,(H2,18,19,22)/t10-/m0/s1. The molecule has 2 aromatic rings. The molecule has 0 aliphatic rings. The van der Waals surface area contributed by atoms with Crippen LogP contribution >= 0.6 is 27.3 Å². The average Bonchev–Trinajstić information content (AvgIpc) is 2.99. The van der Waals surface area contributed by atoms with Gasteiger partial charge in [-0.2, -0.15) is 0 Å². The second kappa shape index (κ2) is 8.60. The number of urea groups is 1. The molecule has 0 aliphatic heterocycles. The molecule has 24 heavy (non-hydrogen) atoms. The monoisotopic (exact) mass is 410 g/mol. The van der Waals surface area contributed by atoms with Gasteiger partial charge in [0, 0.05) is 5.69 Å². The van der Waals surface area contributed by atoms with Crippen LogP contribution in [0.2, 0.25) is 0 Å². The first-order valence-corrected chi connectivity index (χ1v) is 8.64. The topological polar surface area (TPSA) is 84.5 Å². The van der Waals surface area contributed by atoms with Gasteiger partial charge in [0.05, 0.1) is 8.66 Å². The number of para-hydroxylation sites is 1. The lowest BCUT2D eigenvalue weighted by Crippen LogP contribution is -2.42. The van der Waals surface area contributed by atoms with E-state index in [2.05, 4.69) is 26.6 Å². The van der Waals surface area contributed by atoms with E-state index in [-0.39, 0.29) is 12.4 Å². The van der Waals surface area contributed by atoms with Crippen LogP contribution < -0.4 is 10.6 Å². The van der Waals surface area contributed by atoms with Crippen LogP contribution in [0.3, 0.4) is 0 Å². The largest absolute Gasteiger partial charge is 0.456 e. The smallest absolute Gasteiger partial charge is 0.328 e. The summed E-state index contributed by atoms with van der Waals surface area (Å²) in [7, 11) is 0. The third-order valence-electron chi connectivity index (χ3n) is 2.93. The Morgan fingerprint density at radius 2 is 1.88 bits per heavy atom.